The van der Waals surface area contributed by atoms with E-state index in [2.05, 4.69) is 29.4 Å². The molecule has 43 heavy (non-hydrogen) atoms. The zero-order chi connectivity index (χ0) is 30.0. The van der Waals surface area contributed by atoms with Crippen molar-refractivity contribution in [3.63, 3.8) is 0 Å². The smallest absolute Gasteiger partial charge is 0.261 e. The monoisotopic (exact) mass is 609 g/mol. The summed E-state index contributed by atoms with van der Waals surface area (Å²) in [4.78, 5) is 34.7. The predicted molar refractivity (Wildman–Crippen MR) is 175 cm³/mol. The molecule has 9 heteroatoms. The van der Waals surface area contributed by atoms with Crippen molar-refractivity contribution in [1.29, 1.82) is 5.26 Å². The van der Waals surface area contributed by atoms with E-state index in [0.29, 0.717) is 36.5 Å². The van der Waals surface area contributed by atoms with E-state index in [9.17, 15) is 9.59 Å². The van der Waals surface area contributed by atoms with E-state index in [1.165, 1.54) is 16.2 Å². The number of nitriles is 1. The first kappa shape index (κ1) is 30.2. The van der Waals surface area contributed by atoms with Gasteiger partial charge in [0.25, 0.3) is 5.91 Å². The van der Waals surface area contributed by atoms with Crippen molar-refractivity contribution in [3.8, 4) is 6.07 Å². The predicted octanol–water partition coefficient (Wildman–Crippen LogP) is 7.56. The number of hydrogen-bond donors (Lipinski definition) is 1. The fraction of sp³-hybridized carbons (Fsp3) is 0.294. The SMILES string of the molecule is CCCCCCC(=O)N(Cc1cncn1Cc1ccc(C#N)cc1)c1ccc2sc(C(=O)NCCc3cccs3)cc2c1. The summed E-state index contributed by atoms with van der Waals surface area (Å²) in [6, 6.07) is 21.7. The minimum atomic E-state index is -0.0742. The number of fused-ring (bicyclic) bond motifs is 1. The van der Waals surface area contributed by atoms with E-state index in [4.69, 9.17) is 5.26 Å². The highest BCUT2D eigenvalue weighted by atomic mass is 32.1. The molecular formula is C34H35N5O2S2. The van der Waals surface area contributed by atoms with Gasteiger partial charge in [0.1, 0.15) is 0 Å². The maximum Gasteiger partial charge on any atom is 0.261 e. The third kappa shape index (κ3) is 7.98. The second-order valence-electron chi connectivity index (χ2n) is 10.5. The quantitative estimate of drug-likeness (QED) is 0.132. The molecule has 0 spiro atoms. The molecule has 3 aromatic heterocycles. The number of carbonyl (C=O) groups excluding carboxylic acids is 2. The molecule has 0 fully saturated rings. The molecule has 0 atom stereocenters. The van der Waals surface area contributed by atoms with Crippen molar-refractivity contribution >= 4 is 50.3 Å². The Kier molecular flexibility index (Phi) is 10.4. The Morgan fingerprint density at radius 2 is 1.93 bits per heavy atom. The van der Waals surface area contributed by atoms with Crippen LogP contribution in [0, 0.1) is 11.3 Å². The first-order valence-electron chi connectivity index (χ1n) is 14.7. The van der Waals surface area contributed by atoms with Crippen molar-refractivity contribution < 1.29 is 9.59 Å². The number of nitrogens with one attached hydrogen (secondary N) is 1. The average Bonchev–Trinajstić information content (AvgIpc) is 3.80. The molecule has 220 valence electrons. The molecule has 3 heterocycles. The number of thiophene rings is 2. The summed E-state index contributed by atoms with van der Waals surface area (Å²) in [5.41, 5.74) is 3.40. The Balaban J connectivity index is 1.34. The normalized spacial score (nSPS) is 11.0. The molecule has 0 bridgehead atoms. The summed E-state index contributed by atoms with van der Waals surface area (Å²) >= 11 is 3.16. The Morgan fingerprint density at radius 1 is 1.07 bits per heavy atom. The van der Waals surface area contributed by atoms with Gasteiger partial charge in [0.15, 0.2) is 0 Å². The lowest BCUT2D eigenvalue weighted by molar-refractivity contribution is -0.118. The number of nitrogens with zero attached hydrogens (tertiary/aromatic N) is 4. The van der Waals surface area contributed by atoms with Gasteiger partial charge in [0.2, 0.25) is 5.91 Å². The molecule has 0 aliphatic carbocycles. The number of anilines is 1. The number of amides is 2. The van der Waals surface area contributed by atoms with Crippen LogP contribution in [0.5, 0.6) is 0 Å². The lowest BCUT2D eigenvalue weighted by atomic mass is 10.1. The van der Waals surface area contributed by atoms with Crippen LogP contribution < -0.4 is 10.2 Å². The van der Waals surface area contributed by atoms with E-state index in [-0.39, 0.29) is 11.8 Å². The summed E-state index contributed by atoms with van der Waals surface area (Å²) < 4.78 is 3.05. The van der Waals surface area contributed by atoms with E-state index < -0.39 is 0 Å². The van der Waals surface area contributed by atoms with Crippen molar-refractivity contribution in [3.05, 3.63) is 105 Å². The first-order chi connectivity index (χ1) is 21.0. The van der Waals surface area contributed by atoms with Crippen molar-refractivity contribution in [2.24, 2.45) is 0 Å². The number of aromatic nitrogens is 2. The molecule has 0 unspecified atom stereocenters. The number of carbonyl (C=O) groups is 2. The summed E-state index contributed by atoms with van der Waals surface area (Å²) in [6.45, 7) is 3.73. The largest absolute Gasteiger partial charge is 0.351 e. The van der Waals surface area contributed by atoms with Gasteiger partial charge >= 0.3 is 0 Å². The highest BCUT2D eigenvalue weighted by Crippen LogP contribution is 2.31. The van der Waals surface area contributed by atoms with Gasteiger partial charge in [-0.2, -0.15) is 5.26 Å². The topological polar surface area (TPSA) is 91.0 Å². The van der Waals surface area contributed by atoms with Crippen LogP contribution in [-0.4, -0.2) is 27.9 Å². The molecule has 2 amide bonds. The zero-order valence-corrected chi connectivity index (χ0v) is 25.9. The van der Waals surface area contributed by atoms with E-state index in [1.54, 1.807) is 17.7 Å². The third-order valence-corrected chi connectivity index (χ3v) is 9.42. The maximum atomic E-state index is 13.6. The summed E-state index contributed by atoms with van der Waals surface area (Å²) in [6.07, 6.45) is 8.99. The molecule has 0 radical (unpaired) electrons. The summed E-state index contributed by atoms with van der Waals surface area (Å²) in [7, 11) is 0. The molecule has 2 aromatic carbocycles. The summed E-state index contributed by atoms with van der Waals surface area (Å²) in [5, 5.41) is 15.1. The van der Waals surface area contributed by atoms with Gasteiger partial charge in [-0.15, -0.1) is 22.7 Å². The van der Waals surface area contributed by atoms with Crippen molar-refractivity contribution in [1.82, 2.24) is 14.9 Å². The number of unbranched alkanes of at least 4 members (excludes halogenated alkanes) is 3. The van der Waals surface area contributed by atoms with Crippen molar-refractivity contribution in [2.45, 2.75) is 58.5 Å². The third-order valence-electron chi connectivity index (χ3n) is 7.37. The lowest BCUT2D eigenvalue weighted by Crippen LogP contribution is -2.31. The molecule has 0 aliphatic rings. The second-order valence-corrected chi connectivity index (χ2v) is 12.6. The minimum Gasteiger partial charge on any atom is -0.351 e. The van der Waals surface area contributed by atoms with Crippen LogP contribution in [-0.2, 0) is 24.3 Å². The van der Waals surface area contributed by atoms with Gasteiger partial charge in [-0.05, 0) is 71.6 Å². The molecule has 5 rings (SSSR count). The fourth-order valence-electron chi connectivity index (χ4n) is 4.98. The molecule has 0 saturated heterocycles. The Labute approximate surface area is 260 Å². The highest BCUT2D eigenvalue weighted by molar-refractivity contribution is 7.20. The molecule has 5 aromatic rings. The first-order valence-corrected chi connectivity index (χ1v) is 16.4. The zero-order valence-electron chi connectivity index (χ0n) is 24.3. The van der Waals surface area contributed by atoms with Crippen LogP contribution in [0.1, 0.15) is 70.4 Å². The molecule has 7 nitrogen and oxygen atoms in total. The van der Waals surface area contributed by atoms with Crippen LogP contribution in [0.4, 0.5) is 5.69 Å². The Morgan fingerprint density at radius 3 is 2.70 bits per heavy atom. The fourth-order valence-corrected chi connectivity index (χ4v) is 6.65. The van der Waals surface area contributed by atoms with E-state index in [0.717, 1.165) is 59.1 Å². The van der Waals surface area contributed by atoms with Gasteiger partial charge in [-0.3, -0.25) is 9.59 Å². The van der Waals surface area contributed by atoms with Gasteiger partial charge < -0.3 is 14.8 Å². The van der Waals surface area contributed by atoms with Gasteiger partial charge in [-0.25, -0.2) is 4.98 Å². The molecular weight excluding hydrogens is 575 g/mol. The number of hydrogen-bond acceptors (Lipinski definition) is 6. The molecule has 0 saturated carbocycles. The van der Waals surface area contributed by atoms with Gasteiger partial charge in [0.05, 0.1) is 35.1 Å². The molecule has 1 N–H and O–H groups in total. The average molecular weight is 610 g/mol. The van der Waals surface area contributed by atoms with Crippen LogP contribution >= 0.6 is 22.7 Å². The van der Waals surface area contributed by atoms with Crippen molar-refractivity contribution in [2.75, 3.05) is 11.4 Å². The lowest BCUT2D eigenvalue weighted by Gasteiger charge is -2.24. The summed E-state index contributed by atoms with van der Waals surface area (Å²) in [5.74, 6) is -0.00165. The Bertz CT molecular complexity index is 1700. The maximum absolute atomic E-state index is 13.6. The number of benzene rings is 2. The van der Waals surface area contributed by atoms with Crippen LogP contribution in [0.25, 0.3) is 10.1 Å². The van der Waals surface area contributed by atoms with E-state index in [1.807, 2.05) is 75.6 Å². The van der Waals surface area contributed by atoms with Gasteiger partial charge in [0, 0.05) is 41.0 Å². The minimum absolute atomic E-state index is 0.0725. The molecule has 0 aliphatic heterocycles. The van der Waals surface area contributed by atoms with Gasteiger partial charge in [-0.1, -0.05) is 44.4 Å². The standard InChI is InChI=1S/C34H35N5O2S2/c1-2-3-4-5-8-33(40)39(23-29-21-36-24-38(29)22-26-11-9-25(20-35)10-12-26)28-13-14-31-27(18-28)19-32(43-31)34(41)37-16-15-30-7-6-17-42-30/h6-7,9-14,17-19,21,24H,2-5,8,15-16,22-23H2,1H3,(H,37,41). The van der Waals surface area contributed by atoms with E-state index >= 15 is 0 Å². The van der Waals surface area contributed by atoms with Crippen LogP contribution in [0.15, 0.2) is 78.6 Å². The highest BCUT2D eigenvalue weighted by Gasteiger charge is 2.20. The second kappa shape index (κ2) is 14.8. The number of imidazole rings is 1. The number of rotatable bonds is 14. The van der Waals surface area contributed by atoms with Crippen LogP contribution in [0.2, 0.25) is 0 Å². The Hall–Kier alpha value is -4.26. The van der Waals surface area contributed by atoms with Crippen LogP contribution in [0.3, 0.4) is 0 Å².